The zero-order chi connectivity index (χ0) is 19.6. The number of carbonyl (C=O) groups is 2. The van der Waals surface area contributed by atoms with E-state index in [0.29, 0.717) is 33.8 Å². The van der Waals surface area contributed by atoms with Crippen LogP contribution in [-0.2, 0) is 4.79 Å². The van der Waals surface area contributed by atoms with Crippen molar-refractivity contribution in [3.05, 3.63) is 59.3 Å². The quantitative estimate of drug-likeness (QED) is 0.604. The van der Waals surface area contributed by atoms with Crippen LogP contribution in [0, 0.1) is 5.41 Å². The fourth-order valence-corrected chi connectivity index (χ4v) is 2.84. The summed E-state index contributed by atoms with van der Waals surface area (Å²) in [5, 5.41) is 6.87. The van der Waals surface area contributed by atoms with E-state index in [4.69, 9.17) is 16.0 Å². The summed E-state index contributed by atoms with van der Waals surface area (Å²) in [6, 6.07) is 14.0. The van der Waals surface area contributed by atoms with Gasteiger partial charge in [-0.15, -0.1) is 0 Å². The Morgan fingerprint density at radius 3 is 2.33 bits per heavy atom. The second-order valence-corrected chi connectivity index (χ2v) is 7.99. The molecule has 0 aliphatic rings. The summed E-state index contributed by atoms with van der Waals surface area (Å²) in [5.41, 5.74) is 1.32. The average Bonchev–Trinajstić information content (AvgIpc) is 2.94. The first-order chi connectivity index (χ1) is 12.7. The summed E-state index contributed by atoms with van der Waals surface area (Å²) in [6.07, 6.45) is 0.324. The summed E-state index contributed by atoms with van der Waals surface area (Å²) in [5.74, 6) is -0.553. The predicted molar refractivity (Wildman–Crippen MR) is 108 cm³/mol. The second kappa shape index (κ2) is 7.45. The lowest BCUT2D eigenvalue weighted by atomic mass is 9.92. The Kier molecular flexibility index (Phi) is 5.24. The predicted octanol–water partition coefficient (Wildman–Crippen LogP) is 5.71. The minimum absolute atomic E-state index is 0.0633. The maximum atomic E-state index is 12.8. The third-order valence-electron chi connectivity index (χ3n) is 3.86. The number of anilines is 2. The number of carbonyl (C=O) groups excluding carboxylic acids is 2. The normalized spacial score (nSPS) is 11.4. The third kappa shape index (κ3) is 4.68. The van der Waals surface area contributed by atoms with Gasteiger partial charge in [0.2, 0.25) is 11.7 Å². The van der Waals surface area contributed by atoms with Gasteiger partial charge in [-0.25, -0.2) is 0 Å². The Hall–Kier alpha value is -2.79. The first-order valence-electron chi connectivity index (χ1n) is 8.61. The molecule has 0 radical (unpaired) electrons. The van der Waals surface area contributed by atoms with Gasteiger partial charge in [-0.1, -0.05) is 44.5 Å². The number of hydrogen-bond acceptors (Lipinski definition) is 3. The lowest BCUT2D eigenvalue weighted by Crippen LogP contribution is -2.21. The van der Waals surface area contributed by atoms with Crippen LogP contribution in [0.4, 0.5) is 11.4 Å². The first kappa shape index (κ1) is 19.0. The van der Waals surface area contributed by atoms with Crippen LogP contribution in [0.2, 0.25) is 5.02 Å². The molecule has 2 aromatic carbocycles. The average molecular weight is 385 g/mol. The molecule has 2 amide bonds. The highest BCUT2D eigenvalue weighted by atomic mass is 35.5. The Bertz CT molecular complexity index is 985. The van der Waals surface area contributed by atoms with Crippen LogP contribution in [0.25, 0.3) is 11.0 Å². The third-order valence-corrected chi connectivity index (χ3v) is 4.11. The Morgan fingerprint density at radius 2 is 1.67 bits per heavy atom. The number of nitrogens with one attached hydrogen (secondary N) is 2. The van der Waals surface area contributed by atoms with Crippen LogP contribution < -0.4 is 10.6 Å². The van der Waals surface area contributed by atoms with Crippen LogP contribution in [0.15, 0.2) is 52.9 Å². The largest absolute Gasteiger partial charge is 0.449 e. The number of hydrogen-bond donors (Lipinski definition) is 2. The van der Waals surface area contributed by atoms with Crippen LogP contribution in [-0.4, -0.2) is 11.8 Å². The van der Waals surface area contributed by atoms with Crippen molar-refractivity contribution in [1.82, 2.24) is 0 Å². The summed E-state index contributed by atoms with van der Waals surface area (Å²) >= 11 is 5.88. The molecular weight excluding hydrogens is 364 g/mol. The van der Waals surface area contributed by atoms with Crippen molar-refractivity contribution in [3.8, 4) is 0 Å². The monoisotopic (exact) mass is 384 g/mol. The Morgan fingerprint density at radius 1 is 1.00 bits per heavy atom. The van der Waals surface area contributed by atoms with Gasteiger partial charge in [0.05, 0.1) is 0 Å². The van der Waals surface area contributed by atoms with E-state index < -0.39 is 5.91 Å². The van der Waals surface area contributed by atoms with E-state index in [2.05, 4.69) is 10.6 Å². The van der Waals surface area contributed by atoms with Crippen molar-refractivity contribution in [2.45, 2.75) is 27.2 Å². The fourth-order valence-electron chi connectivity index (χ4n) is 2.72. The SMILES string of the molecule is CC(C)(C)CC(=O)Nc1c(C(=O)Nc2ccc(Cl)cc2)oc2ccccc12. The van der Waals surface area contributed by atoms with Crippen LogP contribution in [0.5, 0.6) is 0 Å². The van der Waals surface area contributed by atoms with Crippen molar-refractivity contribution in [2.24, 2.45) is 5.41 Å². The number of halogens is 1. The number of furan rings is 1. The van der Waals surface area contributed by atoms with Gasteiger partial charge in [0.15, 0.2) is 0 Å². The summed E-state index contributed by atoms with van der Waals surface area (Å²) in [7, 11) is 0. The topological polar surface area (TPSA) is 71.3 Å². The number of benzene rings is 2. The molecule has 3 aromatic rings. The van der Waals surface area contributed by atoms with Gasteiger partial charge in [0.25, 0.3) is 5.91 Å². The summed E-state index contributed by atoms with van der Waals surface area (Å²) in [6.45, 7) is 5.94. The molecule has 0 bridgehead atoms. The zero-order valence-electron chi connectivity index (χ0n) is 15.4. The van der Waals surface area contributed by atoms with Gasteiger partial charge >= 0.3 is 0 Å². The molecule has 1 aromatic heterocycles. The molecule has 0 spiro atoms. The lowest BCUT2D eigenvalue weighted by molar-refractivity contribution is -0.117. The maximum Gasteiger partial charge on any atom is 0.293 e. The van der Waals surface area contributed by atoms with E-state index >= 15 is 0 Å². The van der Waals surface area contributed by atoms with Gasteiger partial charge in [0.1, 0.15) is 11.3 Å². The van der Waals surface area contributed by atoms with Crippen LogP contribution in [0.3, 0.4) is 0 Å². The molecule has 2 N–H and O–H groups in total. The molecular formula is C21H21ClN2O3. The highest BCUT2D eigenvalue weighted by molar-refractivity contribution is 6.30. The summed E-state index contributed by atoms with van der Waals surface area (Å²) in [4.78, 5) is 25.2. The van der Waals surface area contributed by atoms with Gasteiger partial charge in [-0.2, -0.15) is 0 Å². The molecule has 0 aliphatic heterocycles. The van der Waals surface area contributed by atoms with E-state index in [0.717, 1.165) is 0 Å². The standard InChI is InChI=1S/C21H21ClN2O3/c1-21(2,3)12-17(25)24-18-15-6-4-5-7-16(15)27-19(18)20(26)23-14-10-8-13(22)9-11-14/h4-11H,12H2,1-3H3,(H,23,26)(H,24,25). The fraction of sp³-hybridized carbons (Fsp3) is 0.238. The Labute approximate surface area is 162 Å². The van der Waals surface area contributed by atoms with E-state index in [1.807, 2.05) is 39.0 Å². The molecule has 27 heavy (non-hydrogen) atoms. The minimum Gasteiger partial charge on any atom is -0.449 e. The van der Waals surface area contributed by atoms with Crippen molar-refractivity contribution < 1.29 is 14.0 Å². The number of para-hydroxylation sites is 1. The molecule has 1 heterocycles. The molecule has 6 heteroatoms. The summed E-state index contributed by atoms with van der Waals surface area (Å²) < 4.78 is 5.74. The maximum absolute atomic E-state index is 12.8. The molecule has 0 atom stereocenters. The van der Waals surface area contributed by atoms with Gasteiger partial charge in [0, 0.05) is 22.5 Å². The number of rotatable bonds is 4. The van der Waals surface area contributed by atoms with Crippen LogP contribution >= 0.6 is 11.6 Å². The molecule has 0 saturated heterocycles. The molecule has 0 aliphatic carbocycles. The highest BCUT2D eigenvalue weighted by Crippen LogP contribution is 2.32. The zero-order valence-corrected chi connectivity index (χ0v) is 16.2. The molecule has 140 valence electrons. The van der Waals surface area contributed by atoms with Gasteiger partial charge < -0.3 is 15.1 Å². The van der Waals surface area contributed by atoms with Gasteiger partial charge in [-0.3, -0.25) is 9.59 Å². The van der Waals surface area contributed by atoms with Crippen molar-refractivity contribution >= 4 is 45.8 Å². The first-order valence-corrected chi connectivity index (χ1v) is 8.99. The number of amides is 2. The van der Waals surface area contributed by atoms with Crippen molar-refractivity contribution in [2.75, 3.05) is 10.6 Å². The van der Waals surface area contributed by atoms with E-state index in [1.54, 1.807) is 30.3 Å². The lowest BCUT2D eigenvalue weighted by Gasteiger charge is -2.17. The smallest absolute Gasteiger partial charge is 0.293 e. The van der Waals surface area contributed by atoms with E-state index in [-0.39, 0.29) is 17.1 Å². The van der Waals surface area contributed by atoms with Gasteiger partial charge in [-0.05, 0) is 41.8 Å². The molecule has 0 unspecified atom stereocenters. The number of fused-ring (bicyclic) bond motifs is 1. The highest BCUT2D eigenvalue weighted by Gasteiger charge is 2.24. The Balaban J connectivity index is 1.93. The molecule has 5 nitrogen and oxygen atoms in total. The van der Waals surface area contributed by atoms with E-state index in [1.165, 1.54) is 0 Å². The van der Waals surface area contributed by atoms with Crippen molar-refractivity contribution in [1.29, 1.82) is 0 Å². The van der Waals surface area contributed by atoms with Crippen molar-refractivity contribution in [3.63, 3.8) is 0 Å². The molecule has 3 rings (SSSR count). The second-order valence-electron chi connectivity index (χ2n) is 7.55. The van der Waals surface area contributed by atoms with E-state index in [9.17, 15) is 9.59 Å². The molecule has 0 fully saturated rings. The minimum atomic E-state index is -0.445. The molecule has 0 saturated carbocycles. The van der Waals surface area contributed by atoms with Crippen LogP contribution in [0.1, 0.15) is 37.7 Å².